The topological polar surface area (TPSA) is 93.5 Å². The number of nitrogens with zero attached hydrogens (tertiary/aromatic N) is 1. The number of methoxy groups -OCH3 is 1. The molecular weight excluding hydrogens is 354 g/mol. The first kappa shape index (κ1) is 17.6. The fourth-order valence-corrected chi connectivity index (χ4v) is 2.21. The zero-order valence-electron chi connectivity index (χ0n) is 12.4. The van der Waals surface area contributed by atoms with Gasteiger partial charge in [-0.3, -0.25) is 20.2 Å². The number of halogens is 1. The quantitative estimate of drug-likeness (QED) is 0.490. The predicted octanol–water partition coefficient (Wildman–Crippen LogP) is 3.38. The van der Waals surface area contributed by atoms with Crippen LogP contribution in [0.5, 0.6) is 5.75 Å². The van der Waals surface area contributed by atoms with E-state index >= 15 is 0 Å². The lowest BCUT2D eigenvalue weighted by Crippen LogP contribution is -2.34. The van der Waals surface area contributed by atoms with Crippen molar-refractivity contribution in [2.75, 3.05) is 12.4 Å². The van der Waals surface area contributed by atoms with Gasteiger partial charge < -0.3 is 10.1 Å². The Morgan fingerprint density at radius 3 is 2.50 bits per heavy atom. The summed E-state index contributed by atoms with van der Waals surface area (Å²) in [5, 5.41) is 16.1. The van der Waals surface area contributed by atoms with Gasteiger partial charge in [-0.2, -0.15) is 0 Å². The second-order valence-corrected chi connectivity index (χ2v) is 5.38. The highest BCUT2D eigenvalue weighted by molar-refractivity contribution is 7.80. The highest BCUT2D eigenvalue weighted by Gasteiger charge is 2.14. The van der Waals surface area contributed by atoms with E-state index in [4.69, 9.17) is 28.6 Å². The number of hydrogen-bond donors (Lipinski definition) is 2. The van der Waals surface area contributed by atoms with Crippen molar-refractivity contribution in [3.05, 3.63) is 63.2 Å². The number of nitro benzene ring substituents is 1. The fraction of sp³-hybridized carbons (Fsp3) is 0.0667. The molecule has 0 unspecified atom stereocenters. The number of thiocarbonyl (C=S) groups is 1. The largest absolute Gasteiger partial charge is 0.497 e. The molecule has 0 radical (unpaired) electrons. The van der Waals surface area contributed by atoms with Crippen LogP contribution in [0.25, 0.3) is 0 Å². The van der Waals surface area contributed by atoms with Crippen molar-refractivity contribution < 1.29 is 14.5 Å². The zero-order valence-corrected chi connectivity index (χ0v) is 14.0. The van der Waals surface area contributed by atoms with Gasteiger partial charge in [0.25, 0.3) is 11.6 Å². The molecule has 2 rings (SSSR count). The van der Waals surface area contributed by atoms with Gasteiger partial charge in [-0.1, -0.05) is 11.6 Å². The van der Waals surface area contributed by atoms with Gasteiger partial charge in [-0.15, -0.1) is 0 Å². The van der Waals surface area contributed by atoms with Gasteiger partial charge in [0.2, 0.25) is 0 Å². The minimum atomic E-state index is -0.605. The second-order valence-electron chi connectivity index (χ2n) is 4.56. The summed E-state index contributed by atoms with van der Waals surface area (Å²) in [6.45, 7) is 0. The zero-order chi connectivity index (χ0) is 17.7. The molecule has 24 heavy (non-hydrogen) atoms. The van der Waals surface area contributed by atoms with Gasteiger partial charge >= 0.3 is 0 Å². The molecule has 0 spiro atoms. The molecule has 0 saturated carbocycles. The molecule has 0 aliphatic carbocycles. The number of rotatable bonds is 4. The Kier molecular flexibility index (Phi) is 5.67. The predicted molar refractivity (Wildman–Crippen MR) is 94.8 cm³/mol. The van der Waals surface area contributed by atoms with E-state index in [0.717, 1.165) is 0 Å². The first-order valence-electron chi connectivity index (χ1n) is 6.61. The van der Waals surface area contributed by atoms with Crippen molar-refractivity contribution in [2.45, 2.75) is 0 Å². The summed E-state index contributed by atoms with van der Waals surface area (Å²) >= 11 is 10.8. The van der Waals surface area contributed by atoms with Crippen LogP contribution in [-0.4, -0.2) is 23.1 Å². The number of carbonyl (C=O) groups is 1. The standard InChI is InChI=1S/C15H12ClN3O4S/c1-23-11-5-2-9(3-6-11)14(20)18-15(24)17-10-4-7-12(16)13(8-10)19(21)22/h2-8H,1H3,(H2,17,18,20,24). The molecule has 9 heteroatoms. The third kappa shape index (κ3) is 4.40. The van der Waals surface area contributed by atoms with E-state index in [2.05, 4.69) is 10.6 Å². The Balaban J connectivity index is 2.03. The van der Waals surface area contributed by atoms with E-state index in [9.17, 15) is 14.9 Å². The molecule has 0 aliphatic rings. The van der Waals surface area contributed by atoms with E-state index in [1.54, 1.807) is 24.3 Å². The molecule has 0 aromatic heterocycles. The minimum Gasteiger partial charge on any atom is -0.497 e. The van der Waals surface area contributed by atoms with Crippen molar-refractivity contribution in [3.8, 4) is 5.75 Å². The summed E-state index contributed by atoms with van der Waals surface area (Å²) in [5.41, 5.74) is 0.471. The van der Waals surface area contributed by atoms with Gasteiger partial charge in [0.1, 0.15) is 10.8 Å². The number of nitro groups is 1. The van der Waals surface area contributed by atoms with Gasteiger partial charge in [0.15, 0.2) is 5.11 Å². The maximum absolute atomic E-state index is 12.1. The smallest absolute Gasteiger partial charge is 0.289 e. The van der Waals surface area contributed by atoms with Crippen molar-refractivity contribution in [3.63, 3.8) is 0 Å². The lowest BCUT2D eigenvalue weighted by Gasteiger charge is -2.10. The molecule has 0 bridgehead atoms. The average molecular weight is 366 g/mol. The number of ether oxygens (including phenoxy) is 1. The molecule has 2 N–H and O–H groups in total. The van der Waals surface area contributed by atoms with E-state index in [-0.39, 0.29) is 15.8 Å². The van der Waals surface area contributed by atoms with E-state index in [0.29, 0.717) is 17.0 Å². The van der Waals surface area contributed by atoms with Crippen LogP contribution < -0.4 is 15.4 Å². The highest BCUT2D eigenvalue weighted by Crippen LogP contribution is 2.27. The van der Waals surface area contributed by atoms with Crippen LogP contribution in [0.1, 0.15) is 10.4 Å². The molecule has 2 aromatic rings. The summed E-state index contributed by atoms with van der Waals surface area (Å²) in [6, 6.07) is 10.6. The van der Waals surface area contributed by atoms with Crippen LogP contribution in [0.2, 0.25) is 5.02 Å². The number of amides is 1. The summed E-state index contributed by atoms with van der Waals surface area (Å²) in [7, 11) is 1.53. The van der Waals surface area contributed by atoms with Gasteiger partial charge in [-0.05, 0) is 48.6 Å². The van der Waals surface area contributed by atoms with Gasteiger partial charge in [-0.25, -0.2) is 0 Å². The van der Waals surface area contributed by atoms with Crippen molar-refractivity contribution in [1.29, 1.82) is 0 Å². The minimum absolute atomic E-state index is 0.00689. The van der Waals surface area contributed by atoms with Gasteiger partial charge in [0.05, 0.1) is 12.0 Å². The van der Waals surface area contributed by atoms with Crippen LogP contribution >= 0.6 is 23.8 Å². The highest BCUT2D eigenvalue weighted by atomic mass is 35.5. The normalized spacial score (nSPS) is 9.92. The van der Waals surface area contributed by atoms with Crippen molar-refractivity contribution in [1.82, 2.24) is 5.32 Å². The van der Waals surface area contributed by atoms with Crippen LogP contribution in [0.3, 0.4) is 0 Å². The van der Waals surface area contributed by atoms with Crippen LogP contribution in [0, 0.1) is 10.1 Å². The molecule has 7 nitrogen and oxygen atoms in total. The number of nitrogens with one attached hydrogen (secondary N) is 2. The van der Waals surface area contributed by atoms with E-state index in [1.165, 1.54) is 25.3 Å². The van der Waals surface area contributed by atoms with Crippen LogP contribution in [0.4, 0.5) is 11.4 Å². The summed E-state index contributed by atoms with van der Waals surface area (Å²) in [5.74, 6) is 0.208. The second kappa shape index (κ2) is 7.71. The fourth-order valence-electron chi connectivity index (χ4n) is 1.81. The summed E-state index contributed by atoms with van der Waals surface area (Å²) in [4.78, 5) is 22.3. The third-order valence-corrected chi connectivity index (χ3v) is 3.50. The van der Waals surface area contributed by atoms with E-state index < -0.39 is 10.8 Å². The maximum Gasteiger partial charge on any atom is 0.289 e. The molecule has 0 aliphatic heterocycles. The summed E-state index contributed by atoms with van der Waals surface area (Å²) in [6.07, 6.45) is 0. The third-order valence-electron chi connectivity index (χ3n) is 2.98. The Hall–Kier alpha value is -2.71. The molecule has 0 heterocycles. The van der Waals surface area contributed by atoms with Crippen LogP contribution in [0.15, 0.2) is 42.5 Å². The number of carbonyl (C=O) groups excluding carboxylic acids is 1. The van der Waals surface area contributed by atoms with Crippen molar-refractivity contribution in [2.24, 2.45) is 0 Å². The molecule has 0 atom stereocenters. The molecule has 2 aromatic carbocycles. The average Bonchev–Trinajstić information content (AvgIpc) is 2.56. The Labute approximate surface area is 147 Å². The molecule has 0 saturated heterocycles. The maximum atomic E-state index is 12.1. The number of benzene rings is 2. The monoisotopic (exact) mass is 365 g/mol. The SMILES string of the molecule is COc1ccc(C(=O)NC(=S)Nc2ccc(Cl)c([N+](=O)[O-])c2)cc1. The lowest BCUT2D eigenvalue weighted by molar-refractivity contribution is -0.384. The molecular formula is C15H12ClN3O4S. The Bertz CT molecular complexity index is 796. The van der Waals surface area contributed by atoms with Gasteiger partial charge in [0, 0.05) is 17.3 Å². The lowest BCUT2D eigenvalue weighted by atomic mass is 10.2. The molecule has 124 valence electrons. The number of hydrogen-bond acceptors (Lipinski definition) is 5. The van der Waals surface area contributed by atoms with Crippen LogP contribution in [-0.2, 0) is 0 Å². The van der Waals surface area contributed by atoms with Crippen molar-refractivity contribution >= 4 is 46.2 Å². The summed E-state index contributed by atoms with van der Waals surface area (Å²) < 4.78 is 5.01. The molecule has 1 amide bonds. The Morgan fingerprint density at radius 2 is 1.92 bits per heavy atom. The number of anilines is 1. The molecule has 0 fully saturated rings. The van der Waals surface area contributed by atoms with E-state index in [1.807, 2.05) is 0 Å². The Morgan fingerprint density at radius 1 is 1.25 bits per heavy atom. The first-order valence-corrected chi connectivity index (χ1v) is 7.39. The first-order chi connectivity index (χ1) is 11.4.